The number of carbonyl (C=O) groups is 2. The van der Waals surface area contributed by atoms with E-state index in [0.29, 0.717) is 38.0 Å². The molecule has 2 aromatic heterocycles. The van der Waals surface area contributed by atoms with Crippen LogP contribution < -0.4 is 5.32 Å². The summed E-state index contributed by atoms with van der Waals surface area (Å²) in [7, 11) is 0. The fourth-order valence-corrected chi connectivity index (χ4v) is 5.35. The summed E-state index contributed by atoms with van der Waals surface area (Å²) in [5.74, 6) is -0.485. The van der Waals surface area contributed by atoms with Crippen LogP contribution in [-0.2, 0) is 11.2 Å². The Labute approximate surface area is 188 Å². The third kappa shape index (κ3) is 5.37. The minimum absolute atomic E-state index is 0.0563. The number of thiazole rings is 1. The number of benzene rings is 1. The van der Waals surface area contributed by atoms with Crippen LogP contribution >= 0.6 is 22.7 Å². The van der Waals surface area contributed by atoms with Crippen LogP contribution in [0.3, 0.4) is 0 Å². The molecule has 3 heterocycles. The molecule has 4 rings (SSSR count). The summed E-state index contributed by atoms with van der Waals surface area (Å²) in [6.45, 7) is 3.68. The van der Waals surface area contributed by atoms with Crippen molar-refractivity contribution in [2.24, 2.45) is 5.92 Å². The van der Waals surface area contributed by atoms with Crippen molar-refractivity contribution >= 4 is 34.5 Å². The lowest BCUT2D eigenvalue weighted by atomic mass is 9.95. The van der Waals surface area contributed by atoms with Crippen molar-refractivity contribution in [2.45, 2.75) is 26.2 Å². The summed E-state index contributed by atoms with van der Waals surface area (Å²) in [5, 5.41) is 6.17. The van der Waals surface area contributed by atoms with Gasteiger partial charge in [-0.3, -0.25) is 9.59 Å². The Morgan fingerprint density at radius 2 is 1.90 bits per heavy atom. The topological polar surface area (TPSA) is 62.3 Å². The maximum absolute atomic E-state index is 13.1. The van der Waals surface area contributed by atoms with E-state index in [1.807, 2.05) is 6.92 Å². The summed E-state index contributed by atoms with van der Waals surface area (Å²) in [5.41, 5.74) is 1.50. The van der Waals surface area contributed by atoms with Crippen molar-refractivity contribution in [1.82, 2.24) is 15.2 Å². The molecule has 31 heavy (non-hydrogen) atoms. The second kappa shape index (κ2) is 9.70. The minimum atomic E-state index is -0.357. The van der Waals surface area contributed by atoms with E-state index in [1.54, 1.807) is 27.6 Å². The number of aryl methyl sites for hydroxylation is 1. The van der Waals surface area contributed by atoms with E-state index in [0.717, 1.165) is 22.0 Å². The average Bonchev–Trinajstić information content (AvgIpc) is 3.43. The summed E-state index contributed by atoms with van der Waals surface area (Å²) in [4.78, 5) is 33.7. The van der Waals surface area contributed by atoms with Gasteiger partial charge in [-0.25, -0.2) is 9.37 Å². The molecule has 1 aromatic carbocycles. The van der Waals surface area contributed by atoms with Crippen LogP contribution in [0.25, 0.3) is 10.6 Å². The maximum Gasteiger partial charge on any atom is 0.253 e. The molecular weight excluding hydrogens is 433 g/mol. The van der Waals surface area contributed by atoms with Crippen molar-refractivity contribution in [3.05, 3.63) is 63.0 Å². The fraction of sp³-hybridized carbons (Fsp3) is 0.348. The van der Waals surface area contributed by atoms with Gasteiger partial charge in [0.2, 0.25) is 5.91 Å². The molecule has 0 atom stereocenters. The lowest BCUT2D eigenvalue weighted by molar-refractivity contribution is -0.126. The van der Waals surface area contributed by atoms with Crippen LogP contribution in [0.2, 0.25) is 0 Å². The van der Waals surface area contributed by atoms with Gasteiger partial charge >= 0.3 is 0 Å². The van der Waals surface area contributed by atoms with E-state index in [9.17, 15) is 14.0 Å². The molecule has 0 aliphatic carbocycles. The number of nitrogens with one attached hydrogen (secondary N) is 1. The van der Waals surface area contributed by atoms with E-state index < -0.39 is 0 Å². The minimum Gasteiger partial charge on any atom is -0.355 e. The van der Waals surface area contributed by atoms with E-state index in [4.69, 9.17) is 0 Å². The van der Waals surface area contributed by atoms with E-state index in [-0.39, 0.29) is 23.5 Å². The Balaban J connectivity index is 1.21. The van der Waals surface area contributed by atoms with Gasteiger partial charge < -0.3 is 10.2 Å². The van der Waals surface area contributed by atoms with Gasteiger partial charge in [-0.05, 0) is 62.6 Å². The van der Waals surface area contributed by atoms with Crippen molar-refractivity contribution in [2.75, 3.05) is 19.6 Å². The van der Waals surface area contributed by atoms with Gasteiger partial charge in [0.1, 0.15) is 5.82 Å². The van der Waals surface area contributed by atoms with Gasteiger partial charge in [0.25, 0.3) is 5.91 Å². The summed E-state index contributed by atoms with van der Waals surface area (Å²) in [6.07, 6.45) is 2.08. The molecule has 2 amide bonds. The highest BCUT2D eigenvalue weighted by Gasteiger charge is 2.27. The molecule has 1 fully saturated rings. The fourth-order valence-electron chi connectivity index (χ4n) is 3.70. The van der Waals surface area contributed by atoms with Crippen molar-refractivity contribution < 1.29 is 14.0 Å². The molecule has 8 heteroatoms. The van der Waals surface area contributed by atoms with E-state index in [1.165, 1.54) is 29.1 Å². The molecule has 162 valence electrons. The van der Waals surface area contributed by atoms with Gasteiger partial charge in [-0.15, -0.1) is 22.7 Å². The number of thiophene rings is 1. The first-order valence-electron chi connectivity index (χ1n) is 10.3. The lowest BCUT2D eigenvalue weighted by Gasteiger charge is -2.31. The predicted octanol–water partition coefficient (Wildman–Crippen LogP) is 4.53. The highest BCUT2D eigenvalue weighted by atomic mass is 32.1. The third-order valence-electron chi connectivity index (χ3n) is 5.45. The molecule has 3 aromatic rings. The Morgan fingerprint density at radius 1 is 1.16 bits per heavy atom. The van der Waals surface area contributed by atoms with Gasteiger partial charge in [-0.1, -0.05) is 0 Å². The normalized spacial score (nSPS) is 14.6. The van der Waals surface area contributed by atoms with Crippen LogP contribution in [0.15, 0.2) is 41.8 Å². The zero-order valence-corrected chi connectivity index (χ0v) is 18.9. The SMILES string of the molecule is Cc1nc(-c2ccc(CCNC(=O)C3CCN(C(=O)c4ccc(F)cc4)CC3)s2)cs1. The molecule has 1 saturated heterocycles. The van der Waals surface area contributed by atoms with Gasteiger partial charge in [0.05, 0.1) is 15.6 Å². The van der Waals surface area contributed by atoms with Crippen LogP contribution in [-0.4, -0.2) is 41.3 Å². The zero-order chi connectivity index (χ0) is 21.8. The summed E-state index contributed by atoms with van der Waals surface area (Å²) >= 11 is 3.36. The number of halogens is 1. The van der Waals surface area contributed by atoms with Gasteiger partial charge in [0, 0.05) is 41.4 Å². The number of nitrogens with zero attached hydrogens (tertiary/aromatic N) is 2. The van der Waals surface area contributed by atoms with E-state index in [2.05, 4.69) is 27.8 Å². The molecule has 0 spiro atoms. The molecule has 0 radical (unpaired) electrons. The Bertz CT molecular complexity index is 1050. The van der Waals surface area contributed by atoms with Gasteiger partial charge in [-0.2, -0.15) is 0 Å². The Morgan fingerprint density at radius 3 is 2.58 bits per heavy atom. The molecule has 0 unspecified atom stereocenters. The number of hydrogen-bond donors (Lipinski definition) is 1. The first-order valence-corrected chi connectivity index (χ1v) is 12.0. The molecule has 0 bridgehead atoms. The van der Waals surface area contributed by atoms with Crippen LogP contribution in [0.5, 0.6) is 0 Å². The summed E-state index contributed by atoms with van der Waals surface area (Å²) < 4.78 is 13.1. The van der Waals surface area contributed by atoms with Crippen LogP contribution in [0.1, 0.15) is 33.1 Å². The number of aromatic nitrogens is 1. The second-order valence-corrected chi connectivity index (χ2v) is 9.86. The molecule has 5 nitrogen and oxygen atoms in total. The standard InChI is InChI=1S/C23H24FN3O2S2/c1-15-26-20(14-30-15)21-7-6-19(31-21)8-11-25-22(28)16-9-12-27(13-10-16)23(29)17-2-4-18(24)5-3-17/h2-7,14,16H,8-13H2,1H3,(H,25,28). The van der Waals surface area contributed by atoms with E-state index >= 15 is 0 Å². The first kappa shape index (κ1) is 21.6. The lowest BCUT2D eigenvalue weighted by Crippen LogP contribution is -2.43. The highest BCUT2D eigenvalue weighted by molar-refractivity contribution is 7.16. The van der Waals surface area contributed by atoms with Crippen LogP contribution in [0.4, 0.5) is 4.39 Å². The molecule has 0 saturated carbocycles. The third-order valence-corrected chi connectivity index (χ3v) is 7.39. The monoisotopic (exact) mass is 457 g/mol. The number of hydrogen-bond acceptors (Lipinski definition) is 5. The van der Waals surface area contributed by atoms with Crippen molar-refractivity contribution in [1.29, 1.82) is 0 Å². The summed E-state index contributed by atoms with van der Waals surface area (Å²) in [6, 6.07) is 9.78. The second-order valence-electron chi connectivity index (χ2n) is 7.63. The van der Waals surface area contributed by atoms with Crippen molar-refractivity contribution in [3.8, 4) is 10.6 Å². The quantitative estimate of drug-likeness (QED) is 0.592. The molecule has 1 aliphatic heterocycles. The smallest absolute Gasteiger partial charge is 0.253 e. The Kier molecular flexibility index (Phi) is 6.77. The number of amides is 2. The number of rotatable bonds is 6. The van der Waals surface area contributed by atoms with Gasteiger partial charge in [0.15, 0.2) is 0 Å². The number of carbonyl (C=O) groups excluding carboxylic acids is 2. The maximum atomic E-state index is 13.1. The average molecular weight is 458 g/mol. The number of likely N-dealkylation sites (tertiary alicyclic amines) is 1. The predicted molar refractivity (Wildman–Crippen MR) is 122 cm³/mol. The van der Waals surface area contributed by atoms with Crippen LogP contribution in [0, 0.1) is 18.7 Å². The Hall–Kier alpha value is -2.58. The zero-order valence-electron chi connectivity index (χ0n) is 17.3. The highest BCUT2D eigenvalue weighted by Crippen LogP contribution is 2.29. The number of piperidine rings is 1. The largest absolute Gasteiger partial charge is 0.355 e. The first-order chi connectivity index (χ1) is 15.0. The molecule has 1 aliphatic rings. The molecular formula is C23H24FN3O2S2. The molecule has 1 N–H and O–H groups in total. The van der Waals surface area contributed by atoms with Crippen molar-refractivity contribution in [3.63, 3.8) is 0 Å².